The summed E-state index contributed by atoms with van der Waals surface area (Å²) in [5.74, 6) is 6.07. The Morgan fingerprint density at radius 1 is 1.28 bits per heavy atom. The predicted octanol–water partition coefficient (Wildman–Crippen LogP) is 3.16. The zero-order valence-electron chi connectivity index (χ0n) is 11.6. The molecule has 2 nitrogen and oxygen atoms in total. The lowest BCUT2D eigenvalue weighted by atomic mass is 9.98. The van der Waals surface area contributed by atoms with E-state index in [1.165, 1.54) is 5.56 Å². The highest BCUT2D eigenvalue weighted by Crippen LogP contribution is 2.23. The molecule has 0 aliphatic rings. The zero-order chi connectivity index (χ0) is 13.2. The fraction of sp³-hybridized carbons (Fsp3) is 0.500. The molecule has 0 heterocycles. The molecule has 18 heavy (non-hydrogen) atoms. The Morgan fingerprint density at radius 3 is 2.56 bits per heavy atom. The largest absolute Gasteiger partial charge is 0.375 e. The summed E-state index contributed by atoms with van der Waals surface area (Å²) in [5.41, 5.74) is 1.22. The van der Waals surface area contributed by atoms with Crippen molar-refractivity contribution in [1.82, 2.24) is 5.32 Å². The third-order valence-electron chi connectivity index (χ3n) is 2.97. The Hall–Kier alpha value is -1.30. The quantitative estimate of drug-likeness (QED) is 0.745. The number of ether oxygens (including phenoxy) is 1. The second-order valence-electron chi connectivity index (χ2n) is 4.20. The van der Waals surface area contributed by atoms with E-state index >= 15 is 0 Å². The molecule has 2 unspecified atom stereocenters. The lowest BCUT2D eigenvalue weighted by molar-refractivity contribution is 0.0659. The predicted molar refractivity (Wildman–Crippen MR) is 76.3 cm³/mol. The van der Waals surface area contributed by atoms with Crippen LogP contribution in [0.4, 0.5) is 0 Å². The van der Waals surface area contributed by atoms with Crippen LogP contribution in [0.25, 0.3) is 0 Å². The van der Waals surface area contributed by atoms with E-state index < -0.39 is 0 Å². The smallest absolute Gasteiger partial charge is 0.0974 e. The second kappa shape index (κ2) is 8.74. The van der Waals surface area contributed by atoms with Crippen LogP contribution in [-0.4, -0.2) is 19.7 Å². The molecule has 2 heteroatoms. The number of hydrogen-bond donors (Lipinski definition) is 1. The van der Waals surface area contributed by atoms with Gasteiger partial charge in [-0.25, -0.2) is 0 Å². The third kappa shape index (κ3) is 4.52. The van der Waals surface area contributed by atoms with Crippen LogP contribution in [0.15, 0.2) is 30.3 Å². The van der Waals surface area contributed by atoms with Crippen LogP contribution < -0.4 is 5.32 Å². The molecule has 0 amide bonds. The summed E-state index contributed by atoms with van der Waals surface area (Å²) in [6.07, 6.45) is 1.99. The molecule has 98 valence electrons. The van der Waals surface area contributed by atoms with Crippen LogP contribution in [0.1, 0.15) is 38.4 Å². The number of rotatable bonds is 7. The van der Waals surface area contributed by atoms with Crippen molar-refractivity contribution in [1.29, 1.82) is 0 Å². The van der Waals surface area contributed by atoms with Crippen molar-refractivity contribution in [3.8, 4) is 11.8 Å². The fourth-order valence-corrected chi connectivity index (χ4v) is 2.15. The highest BCUT2D eigenvalue weighted by molar-refractivity contribution is 5.19. The van der Waals surface area contributed by atoms with Crippen LogP contribution in [0.5, 0.6) is 0 Å². The van der Waals surface area contributed by atoms with Crippen LogP contribution in [-0.2, 0) is 4.74 Å². The lowest BCUT2D eigenvalue weighted by Gasteiger charge is -2.26. The Kier molecular flexibility index (Phi) is 7.17. The first-order chi connectivity index (χ1) is 8.83. The van der Waals surface area contributed by atoms with Gasteiger partial charge in [0.1, 0.15) is 0 Å². The molecule has 1 N–H and O–H groups in total. The van der Waals surface area contributed by atoms with Gasteiger partial charge in [0.15, 0.2) is 0 Å². The Morgan fingerprint density at radius 2 is 2.00 bits per heavy atom. The number of hydrogen-bond acceptors (Lipinski definition) is 2. The van der Waals surface area contributed by atoms with Crippen LogP contribution in [0.2, 0.25) is 0 Å². The van der Waals surface area contributed by atoms with Gasteiger partial charge in [-0.05, 0) is 25.5 Å². The van der Waals surface area contributed by atoms with Gasteiger partial charge < -0.3 is 10.1 Å². The molecule has 1 aromatic rings. The number of benzene rings is 1. The van der Waals surface area contributed by atoms with Gasteiger partial charge in [-0.15, -0.1) is 11.8 Å². The van der Waals surface area contributed by atoms with Gasteiger partial charge in [0.2, 0.25) is 0 Å². The lowest BCUT2D eigenvalue weighted by Crippen LogP contribution is -2.35. The van der Waals surface area contributed by atoms with Gasteiger partial charge in [-0.1, -0.05) is 37.3 Å². The van der Waals surface area contributed by atoms with Crippen molar-refractivity contribution in [2.24, 2.45) is 0 Å². The third-order valence-corrected chi connectivity index (χ3v) is 2.97. The van der Waals surface area contributed by atoms with Crippen molar-refractivity contribution in [2.75, 3.05) is 13.7 Å². The summed E-state index contributed by atoms with van der Waals surface area (Å²) in [6.45, 7) is 4.94. The second-order valence-corrected chi connectivity index (χ2v) is 4.20. The summed E-state index contributed by atoms with van der Waals surface area (Å²) in [4.78, 5) is 0. The minimum atomic E-state index is 0.0878. The van der Waals surface area contributed by atoms with E-state index in [9.17, 15) is 0 Å². The van der Waals surface area contributed by atoms with Gasteiger partial charge in [-0.3, -0.25) is 0 Å². The Labute approximate surface area is 111 Å². The van der Waals surface area contributed by atoms with E-state index in [-0.39, 0.29) is 6.10 Å². The zero-order valence-corrected chi connectivity index (χ0v) is 11.6. The minimum Gasteiger partial charge on any atom is -0.375 e. The van der Waals surface area contributed by atoms with Gasteiger partial charge in [0.05, 0.1) is 6.10 Å². The van der Waals surface area contributed by atoms with E-state index in [0.717, 1.165) is 19.4 Å². The number of nitrogens with one attached hydrogen (secondary N) is 1. The first kappa shape index (κ1) is 14.8. The Balaban J connectivity index is 2.75. The summed E-state index contributed by atoms with van der Waals surface area (Å²) < 4.78 is 5.67. The van der Waals surface area contributed by atoms with E-state index in [2.05, 4.69) is 48.3 Å². The number of methoxy groups -OCH3 is 1. The highest BCUT2D eigenvalue weighted by atomic mass is 16.5. The molecule has 2 atom stereocenters. The first-order valence-electron chi connectivity index (χ1n) is 6.54. The number of likely N-dealkylation sites (N-methyl/N-ethyl adjacent to an activating group) is 1. The SMILES string of the molecule is CC#CCCC(NCC)C(OC)c1ccccc1. The average Bonchev–Trinajstić information content (AvgIpc) is 2.41. The molecular weight excluding hydrogens is 222 g/mol. The molecule has 1 rings (SSSR count). The van der Waals surface area contributed by atoms with Crippen molar-refractivity contribution in [3.63, 3.8) is 0 Å². The van der Waals surface area contributed by atoms with Crippen molar-refractivity contribution in [2.45, 2.75) is 38.8 Å². The molecule has 0 aromatic heterocycles. The monoisotopic (exact) mass is 245 g/mol. The average molecular weight is 245 g/mol. The van der Waals surface area contributed by atoms with E-state index in [0.29, 0.717) is 6.04 Å². The van der Waals surface area contributed by atoms with E-state index in [1.54, 1.807) is 7.11 Å². The molecule has 0 saturated carbocycles. The van der Waals surface area contributed by atoms with E-state index in [4.69, 9.17) is 4.74 Å². The maximum absolute atomic E-state index is 5.67. The molecule has 0 aliphatic carbocycles. The van der Waals surface area contributed by atoms with Crippen molar-refractivity contribution in [3.05, 3.63) is 35.9 Å². The molecule has 0 radical (unpaired) electrons. The van der Waals surface area contributed by atoms with Gasteiger partial charge >= 0.3 is 0 Å². The highest BCUT2D eigenvalue weighted by Gasteiger charge is 2.21. The Bertz CT molecular complexity index is 377. The molecule has 0 fully saturated rings. The van der Waals surface area contributed by atoms with Crippen LogP contribution in [0.3, 0.4) is 0 Å². The van der Waals surface area contributed by atoms with Crippen molar-refractivity contribution >= 4 is 0 Å². The normalized spacial score (nSPS) is 13.5. The summed E-state index contributed by atoms with van der Waals surface area (Å²) >= 11 is 0. The molecule has 1 aromatic carbocycles. The standard InChI is InChI=1S/C16H23NO/c1-4-6-8-13-15(17-5-2)16(18-3)14-11-9-7-10-12-14/h7,9-12,15-17H,5,8,13H2,1-3H3. The molecule has 0 bridgehead atoms. The molecule has 0 saturated heterocycles. The first-order valence-corrected chi connectivity index (χ1v) is 6.54. The maximum Gasteiger partial charge on any atom is 0.0974 e. The van der Waals surface area contributed by atoms with Crippen LogP contribution >= 0.6 is 0 Å². The van der Waals surface area contributed by atoms with Crippen molar-refractivity contribution < 1.29 is 4.74 Å². The summed E-state index contributed by atoms with van der Waals surface area (Å²) in [5, 5.41) is 3.50. The maximum atomic E-state index is 5.67. The van der Waals surface area contributed by atoms with Gasteiger partial charge in [0.25, 0.3) is 0 Å². The van der Waals surface area contributed by atoms with Gasteiger partial charge in [-0.2, -0.15) is 0 Å². The van der Waals surface area contributed by atoms with Crippen LogP contribution in [0, 0.1) is 11.8 Å². The minimum absolute atomic E-state index is 0.0878. The molecular formula is C16H23NO. The fourth-order valence-electron chi connectivity index (χ4n) is 2.15. The van der Waals surface area contributed by atoms with E-state index in [1.807, 2.05) is 13.0 Å². The summed E-state index contributed by atoms with van der Waals surface area (Å²) in [6, 6.07) is 10.7. The molecule has 0 spiro atoms. The molecule has 0 aliphatic heterocycles. The van der Waals surface area contributed by atoms with Gasteiger partial charge in [0, 0.05) is 19.6 Å². The summed E-state index contributed by atoms with van der Waals surface area (Å²) in [7, 11) is 1.77. The topological polar surface area (TPSA) is 21.3 Å².